The van der Waals surface area contributed by atoms with E-state index in [1.807, 2.05) is 60.0 Å². The van der Waals surface area contributed by atoms with Crippen molar-refractivity contribution in [3.63, 3.8) is 0 Å². The van der Waals surface area contributed by atoms with Crippen LogP contribution in [0.25, 0.3) is 0 Å². The van der Waals surface area contributed by atoms with Crippen LogP contribution in [0.5, 0.6) is 0 Å². The van der Waals surface area contributed by atoms with Crippen LogP contribution in [0.1, 0.15) is 65.1 Å². The molecule has 0 saturated carbocycles. The molecule has 3 aliphatic rings. The van der Waals surface area contributed by atoms with Gasteiger partial charge in [0.15, 0.2) is 5.17 Å². The second-order valence-electron chi connectivity index (χ2n) is 12.4. The Labute approximate surface area is 286 Å². The highest BCUT2D eigenvalue weighted by molar-refractivity contribution is 8.18. The number of likely N-dealkylation sites (tertiary alicyclic amines) is 1. The number of hydrogen-bond acceptors (Lipinski definition) is 6. The number of carboxylic acids is 1. The largest absolute Gasteiger partial charge is 0.490 e. The van der Waals surface area contributed by atoms with Gasteiger partial charge in [0.05, 0.1) is 12.1 Å². The fourth-order valence-electron chi connectivity index (χ4n) is 6.00. The lowest BCUT2D eigenvalue weighted by atomic mass is 9.81. The number of carbonyl (C=O) groups excluding carboxylic acids is 2. The number of carbonyl (C=O) groups is 3. The maximum atomic E-state index is 14.3. The Kier molecular flexibility index (Phi) is 11.0. The number of thioether (sulfide) groups is 1. The number of carboxylic acid groups (broad SMARTS) is 1. The molecule has 8 nitrogen and oxygen atoms in total. The Morgan fingerprint density at radius 1 is 1.04 bits per heavy atom. The van der Waals surface area contributed by atoms with Crippen LogP contribution in [0.3, 0.4) is 0 Å². The third-order valence-electron chi connectivity index (χ3n) is 8.45. The molecule has 0 aromatic heterocycles. The van der Waals surface area contributed by atoms with E-state index in [9.17, 15) is 22.8 Å². The maximum Gasteiger partial charge on any atom is 0.490 e. The van der Waals surface area contributed by atoms with Crippen LogP contribution >= 0.6 is 35.0 Å². The standard InChI is InChI=1S/C31H36Cl2N4O2S.C2HF3O2/c1-18(2)26-27(29(39)36(19(3)4)17-25-15-16-35(25)20(5)38)40-30-34-31(6,22-9-13-24(33)14-10-22)28(37(26)30)21-7-11-23(32)12-8-21;3-2(4,5)1(6)7/h7-14,18-19,25,28H,15-17H2,1-6H3;(H,6,7)/t25-,28+,31-;/m0./s1. The van der Waals surface area contributed by atoms with Crippen molar-refractivity contribution < 1.29 is 32.7 Å². The fraction of sp³-hybridized carbons (Fsp3) is 0.455. The second kappa shape index (κ2) is 14.1. The number of amidine groups is 1. The predicted molar refractivity (Wildman–Crippen MR) is 178 cm³/mol. The summed E-state index contributed by atoms with van der Waals surface area (Å²) in [4.78, 5) is 47.3. The van der Waals surface area contributed by atoms with E-state index in [0.29, 0.717) is 21.5 Å². The number of aliphatic carboxylic acids is 1. The molecule has 2 aromatic rings. The molecule has 254 valence electrons. The summed E-state index contributed by atoms with van der Waals surface area (Å²) in [5, 5.41) is 9.29. The number of hydrogen-bond donors (Lipinski definition) is 1. The molecule has 47 heavy (non-hydrogen) atoms. The Morgan fingerprint density at radius 2 is 1.57 bits per heavy atom. The summed E-state index contributed by atoms with van der Waals surface area (Å²) in [5.41, 5.74) is 2.49. The molecule has 1 fully saturated rings. The number of halogens is 5. The highest BCUT2D eigenvalue weighted by Crippen LogP contribution is 2.56. The third-order valence-corrected chi connectivity index (χ3v) is 10.0. The van der Waals surface area contributed by atoms with Gasteiger partial charge >= 0.3 is 12.1 Å². The number of aliphatic imine (C=N–C) groups is 1. The van der Waals surface area contributed by atoms with Gasteiger partial charge in [0, 0.05) is 41.8 Å². The van der Waals surface area contributed by atoms with E-state index in [1.165, 1.54) is 11.8 Å². The first kappa shape index (κ1) is 36.6. The smallest absolute Gasteiger partial charge is 0.475 e. The quantitative estimate of drug-likeness (QED) is 0.316. The zero-order valence-corrected chi connectivity index (χ0v) is 29.1. The molecule has 0 unspecified atom stereocenters. The monoisotopic (exact) mass is 712 g/mol. The minimum Gasteiger partial charge on any atom is -0.475 e. The highest BCUT2D eigenvalue weighted by atomic mass is 35.5. The minimum absolute atomic E-state index is 0.000691. The lowest BCUT2D eigenvalue weighted by molar-refractivity contribution is -0.192. The summed E-state index contributed by atoms with van der Waals surface area (Å²) < 4.78 is 31.7. The Balaban J connectivity index is 0.000000644. The number of nitrogens with zero attached hydrogens (tertiary/aromatic N) is 4. The van der Waals surface area contributed by atoms with Gasteiger partial charge in [-0.15, -0.1) is 0 Å². The highest BCUT2D eigenvalue weighted by Gasteiger charge is 2.53. The zero-order valence-electron chi connectivity index (χ0n) is 26.8. The van der Waals surface area contributed by atoms with Gasteiger partial charge in [-0.25, -0.2) is 9.79 Å². The summed E-state index contributed by atoms with van der Waals surface area (Å²) in [5.74, 6) is -2.62. The van der Waals surface area contributed by atoms with E-state index in [2.05, 4.69) is 37.8 Å². The van der Waals surface area contributed by atoms with Crippen molar-refractivity contribution in [2.24, 2.45) is 10.9 Å². The van der Waals surface area contributed by atoms with E-state index in [4.69, 9.17) is 38.1 Å². The van der Waals surface area contributed by atoms with Crippen molar-refractivity contribution in [3.05, 3.63) is 80.3 Å². The van der Waals surface area contributed by atoms with Crippen molar-refractivity contribution in [1.82, 2.24) is 14.7 Å². The number of amides is 2. The van der Waals surface area contributed by atoms with Crippen LogP contribution in [-0.4, -0.2) is 74.1 Å². The SMILES string of the molecule is CC(=O)N1CC[C@H]1CN(C(=O)C1=C(C(C)C)N2C(=N[C@@](C)(c3ccc(Cl)cc3)[C@H]2c2ccc(Cl)cc2)S1)C(C)C.O=C(O)C(F)(F)F. The van der Waals surface area contributed by atoms with Gasteiger partial charge in [-0.05, 0) is 80.3 Å². The number of rotatable bonds is 7. The molecule has 3 heterocycles. The molecule has 14 heteroatoms. The lowest BCUT2D eigenvalue weighted by Crippen LogP contribution is -2.57. The van der Waals surface area contributed by atoms with Crippen molar-refractivity contribution in [1.29, 1.82) is 0 Å². The second-order valence-corrected chi connectivity index (χ2v) is 14.2. The topological polar surface area (TPSA) is 93.5 Å². The fourth-order valence-corrected chi connectivity index (χ4v) is 7.61. The minimum atomic E-state index is -5.08. The molecule has 0 aliphatic carbocycles. The molecule has 3 atom stereocenters. The van der Waals surface area contributed by atoms with Crippen molar-refractivity contribution >= 4 is 57.9 Å². The Morgan fingerprint density at radius 3 is 2.00 bits per heavy atom. The van der Waals surface area contributed by atoms with E-state index in [-0.39, 0.29) is 35.9 Å². The first-order chi connectivity index (χ1) is 21.9. The van der Waals surface area contributed by atoms with Crippen LogP contribution in [0.15, 0.2) is 64.1 Å². The molecule has 2 amide bonds. The van der Waals surface area contributed by atoms with Gasteiger partial charge in [0.25, 0.3) is 5.91 Å². The van der Waals surface area contributed by atoms with Crippen molar-refractivity contribution in [2.75, 3.05) is 13.1 Å². The molecular weight excluding hydrogens is 676 g/mol. The number of benzene rings is 2. The van der Waals surface area contributed by atoms with Gasteiger partial charge in [-0.2, -0.15) is 13.2 Å². The van der Waals surface area contributed by atoms with Gasteiger partial charge < -0.3 is 19.8 Å². The molecular formula is C33H37Cl2F3N4O4S. The van der Waals surface area contributed by atoms with Gasteiger partial charge in [-0.3, -0.25) is 9.59 Å². The van der Waals surface area contributed by atoms with E-state index >= 15 is 0 Å². The first-order valence-corrected chi connectivity index (χ1v) is 16.6. The molecule has 2 aromatic carbocycles. The van der Waals surface area contributed by atoms with Crippen LogP contribution in [0.2, 0.25) is 10.0 Å². The molecule has 1 saturated heterocycles. The first-order valence-electron chi connectivity index (χ1n) is 15.1. The van der Waals surface area contributed by atoms with Gasteiger partial charge in [0.2, 0.25) is 5.91 Å². The normalized spacial score (nSPS) is 22.1. The zero-order chi connectivity index (χ0) is 35.0. The van der Waals surface area contributed by atoms with Crippen LogP contribution in [0.4, 0.5) is 13.2 Å². The molecule has 0 spiro atoms. The van der Waals surface area contributed by atoms with E-state index < -0.39 is 17.7 Å². The average molecular weight is 714 g/mol. The molecule has 3 aliphatic heterocycles. The summed E-state index contributed by atoms with van der Waals surface area (Å²) in [7, 11) is 0. The Bertz CT molecular complexity index is 1580. The van der Waals surface area contributed by atoms with Crippen molar-refractivity contribution in [2.45, 2.75) is 77.8 Å². The third kappa shape index (κ3) is 7.60. The Hall–Kier alpha value is -3.22. The average Bonchev–Trinajstić information content (AvgIpc) is 3.45. The van der Waals surface area contributed by atoms with Crippen LogP contribution in [-0.2, 0) is 19.9 Å². The van der Waals surface area contributed by atoms with Gasteiger partial charge in [0.1, 0.15) is 10.4 Å². The lowest BCUT2D eigenvalue weighted by Gasteiger charge is -2.44. The predicted octanol–water partition coefficient (Wildman–Crippen LogP) is 7.73. The molecule has 1 N–H and O–H groups in total. The summed E-state index contributed by atoms with van der Waals surface area (Å²) in [6.45, 7) is 13.4. The summed E-state index contributed by atoms with van der Waals surface area (Å²) >= 11 is 14.0. The number of alkyl halides is 3. The molecule has 0 radical (unpaired) electrons. The van der Waals surface area contributed by atoms with E-state index in [0.717, 1.165) is 35.0 Å². The van der Waals surface area contributed by atoms with E-state index in [1.54, 1.807) is 6.92 Å². The number of fused-ring (bicyclic) bond motifs is 1. The van der Waals surface area contributed by atoms with Crippen LogP contribution in [0, 0.1) is 5.92 Å². The molecule has 0 bridgehead atoms. The van der Waals surface area contributed by atoms with Crippen molar-refractivity contribution in [3.8, 4) is 0 Å². The summed E-state index contributed by atoms with van der Waals surface area (Å²) in [6, 6.07) is 15.7. The maximum absolute atomic E-state index is 14.3. The summed E-state index contributed by atoms with van der Waals surface area (Å²) in [6.07, 6.45) is -4.17. The number of allylic oxidation sites excluding steroid dienone is 1. The van der Waals surface area contributed by atoms with Crippen LogP contribution < -0.4 is 0 Å². The van der Waals surface area contributed by atoms with Gasteiger partial charge in [-0.1, -0.05) is 61.3 Å². The molecule has 5 rings (SSSR count).